The van der Waals surface area contributed by atoms with E-state index < -0.39 is 47.9 Å². The molecule has 2 aliphatic heterocycles. The van der Waals surface area contributed by atoms with Gasteiger partial charge in [-0.2, -0.15) is 0 Å². The number of para-hydroxylation sites is 1. The molecule has 216 valence electrons. The van der Waals surface area contributed by atoms with Gasteiger partial charge in [0.1, 0.15) is 0 Å². The van der Waals surface area contributed by atoms with Crippen LogP contribution in [0.25, 0.3) is 11.5 Å². The molecule has 4 aromatic carbocycles. The van der Waals surface area contributed by atoms with E-state index >= 15 is 0 Å². The van der Waals surface area contributed by atoms with Crippen LogP contribution >= 0.6 is 7.51 Å². The maximum atomic E-state index is 15.0. The van der Waals surface area contributed by atoms with Gasteiger partial charge in [0.2, 0.25) is 0 Å². The monoisotopic (exact) mass is 604 g/mol. The average molecular weight is 604 g/mol. The summed E-state index contributed by atoms with van der Waals surface area (Å²) in [6.07, 6.45) is -12.7. The van der Waals surface area contributed by atoms with Crippen LogP contribution in [0.4, 0.5) is 26.3 Å². The number of rotatable bonds is 3. The van der Waals surface area contributed by atoms with Crippen LogP contribution in [0.3, 0.4) is 0 Å². The SMILES string of the molecule is O=C1c2ccccc2OP2(c3ccccc3)(OC(c3ccccc3)=C(c3ccccc3)O2)OC1(C(F)(F)F)C(F)(F)F. The first kappa shape index (κ1) is 27.8. The second-order valence-electron chi connectivity index (χ2n) is 9.41. The molecular weight excluding hydrogens is 585 g/mol. The molecule has 5 nitrogen and oxygen atoms in total. The minimum atomic E-state index is -6.40. The zero-order chi connectivity index (χ0) is 29.8. The molecule has 2 heterocycles. The van der Waals surface area contributed by atoms with E-state index in [9.17, 15) is 31.1 Å². The van der Waals surface area contributed by atoms with Crippen molar-refractivity contribution in [3.8, 4) is 5.75 Å². The quantitative estimate of drug-likeness (QED) is 0.174. The first-order valence-corrected chi connectivity index (χ1v) is 14.3. The van der Waals surface area contributed by atoms with Crippen molar-refractivity contribution in [2.75, 3.05) is 0 Å². The topological polar surface area (TPSA) is 54.0 Å². The molecule has 6 rings (SSSR count). The summed E-state index contributed by atoms with van der Waals surface area (Å²) in [5.74, 6) is -3.54. The first-order chi connectivity index (χ1) is 19.9. The van der Waals surface area contributed by atoms with Gasteiger partial charge < -0.3 is 0 Å². The van der Waals surface area contributed by atoms with Crippen LogP contribution in [-0.2, 0) is 13.6 Å². The summed E-state index contributed by atoms with van der Waals surface area (Å²) >= 11 is 0. The molecule has 0 N–H and O–H groups in total. The Morgan fingerprint density at radius 1 is 0.548 bits per heavy atom. The molecule has 0 fully saturated rings. The van der Waals surface area contributed by atoms with Gasteiger partial charge in [-0.3, -0.25) is 0 Å². The van der Waals surface area contributed by atoms with Crippen LogP contribution in [0.2, 0.25) is 0 Å². The van der Waals surface area contributed by atoms with Crippen molar-refractivity contribution in [1.29, 1.82) is 0 Å². The van der Waals surface area contributed by atoms with Gasteiger partial charge in [-0.25, -0.2) is 0 Å². The van der Waals surface area contributed by atoms with E-state index in [1.54, 1.807) is 36.4 Å². The molecule has 0 atom stereocenters. The van der Waals surface area contributed by atoms with E-state index in [4.69, 9.17) is 18.1 Å². The van der Waals surface area contributed by atoms with Crippen molar-refractivity contribution in [3.05, 3.63) is 132 Å². The molecule has 0 aliphatic carbocycles. The number of Topliss-reactive ketones (excluding diaryl/α,β-unsaturated/α-hetero) is 1. The summed E-state index contributed by atoms with van der Waals surface area (Å²) in [4.78, 5) is 13.5. The fourth-order valence-electron chi connectivity index (χ4n) is 4.83. The summed E-state index contributed by atoms with van der Waals surface area (Å²) < 4.78 is 114. The normalized spacial score (nSPS) is 19.9. The van der Waals surface area contributed by atoms with Gasteiger partial charge in [0.25, 0.3) is 0 Å². The van der Waals surface area contributed by atoms with E-state index in [1.165, 1.54) is 60.7 Å². The van der Waals surface area contributed by atoms with Gasteiger partial charge in [-0.15, -0.1) is 0 Å². The molecule has 0 aromatic heterocycles. The van der Waals surface area contributed by atoms with Crippen LogP contribution in [0, 0.1) is 0 Å². The Hall–Kier alpha value is -4.34. The number of benzene rings is 4. The summed E-state index contributed by atoms with van der Waals surface area (Å²) in [5, 5.41) is -0.412. The zero-order valence-electron chi connectivity index (χ0n) is 21.2. The number of hydrogen-bond donors (Lipinski definition) is 0. The molecule has 0 saturated carbocycles. The Bertz CT molecular complexity index is 1620. The molecule has 4 aromatic rings. The molecule has 1 spiro atoms. The number of halogens is 6. The Balaban J connectivity index is 1.75. The average Bonchev–Trinajstić information content (AvgIpc) is 3.28. The van der Waals surface area contributed by atoms with Gasteiger partial charge in [0.15, 0.2) is 0 Å². The molecule has 12 heteroatoms. The minimum absolute atomic E-state index is 0.242. The van der Waals surface area contributed by atoms with Crippen LogP contribution in [0.15, 0.2) is 115 Å². The van der Waals surface area contributed by atoms with Crippen molar-refractivity contribution in [3.63, 3.8) is 0 Å². The molecule has 0 unspecified atom stereocenters. The van der Waals surface area contributed by atoms with Gasteiger partial charge in [-0.1, -0.05) is 0 Å². The molecule has 2 aliphatic rings. The van der Waals surface area contributed by atoms with Gasteiger partial charge in [0.05, 0.1) is 0 Å². The van der Waals surface area contributed by atoms with E-state index in [-0.39, 0.29) is 22.6 Å². The summed E-state index contributed by atoms with van der Waals surface area (Å²) in [6, 6.07) is 26.6. The van der Waals surface area contributed by atoms with Crippen molar-refractivity contribution < 1.29 is 49.2 Å². The summed E-state index contributed by atoms with van der Waals surface area (Å²) in [7, 11) is -6.40. The maximum absolute atomic E-state index is 15.0. The Morgan fingerprint density at radius 2 is 0.976 bits per heavy atom. The number of alkyl halides is 6. The molecule has 0 bridgehead atoms. The van der Waals surface area contributed by atoms with Crippen molar-refractivity contribution >= 4 is 30.1 Å². The van der Waals surface area contributed by atoms with Crippen LogP contribution in [0.1, 0.15) is 21.5 Å². The van der Waals surface area contributed by atoms with Crippen molar-refractivity contribution in [1.82, 2.24) is 0 Å². The fraction of sp³-hybridized carbons (Fsp3) is 0.100. The standard InChI is InChI=1S/C30H19F6O5P/c31-29(32,33)28(30(34,35)36)27(37)23-18-10-11-19-24(23)38-42(41-28,22-16-8-3-9-17-22)39-25(20-12-4-1-5-13-20)26(40-42)21-14-6-2-7-15-21/h1-19H. The third-order valence-corrected chi connectivity index (χ3v) is 9.99. The predicted molar refractivity (Wildman–Crippen MR) is 142 cm³/mol. The van der Waals surface area contributed by atoms with Crippen molar-refractivity contribution in [2.24, 2.45) is 0 Å². The van der Waals surface area contributed by atoms with E-state index in [1.807, 2.05) is 0 Å². The molecular formula is C30H19F6O5P. The number of hydrogen-bond acceptors (Lipinski definition) is 5. The Kier molecular flexibility index (Phi) is 6.18. The third kappa shape index (κ3) is 3.99. The second kappa shape index (κ2) is 9.34. The summed E-state index contributed by atoms with van der Waals surface area (Å²) in [6.45, 7) is 0. The third-order valence-electron chi connectivity index (χ3n) is 6.75. The number of carbonyl (C=O) groups excluding carboxylic acids is 1. The molecule has 42 heavy (non-hydrogen) atoms. The Morgan fingerprint density at radius 3 is 1.45 bits per heavy atom. The van der Waals surface area contributed by atoms with E-state index in [0.717, 1.165) is 18.2 Å². The molecule has 0 amide bonds. The first-order valence-electron chi connectivity index (χ1n) is 12.4. The fourth-order valence-corrected chi connectivity index (χ4v) is 8.40. The number of carbonyl (C=O) groups is 1. The van der Waals surface area contributed by atoms with E-state index in [0.29, 0.717) is 0 Å². The van der Waals surface area contributed by atoms with Crippen LogP contribution < -0.4 is 9.83 Å². The number of fused-ring (bicyclic) bond motifs is 1. The molecule has 0 saturated heterocycles. The van der Waals surface area contributed by atoms with Crippen LogP contribution in [-0.4, -0.2) is 23.7 Å². The number of ketones is 1. The predicted octanol–water partition coefficient (Wildman–Crippen LogP) is 8.25. The van der Waals surface area contributed by atoms with Crippen LogP contribution in [0.5, 0.6) is 5.75 Å². The second-order valence-corrected chi connectivity index (χ2v) is 12.3. The molecule has 0 radical (unpaired) electrons. The van der Waals surface area contributed by atoms with Gasteiger partial charge in [-0.05, 0) is 0 Å². The Labute approximate surface area is 235 Å². The van der Waals surface area contributed by atoms with Crippen molar-refractivity contribution in [2.45, 2.75) is 18.0 Å². The van der Waals surface area contributed by atoms with E-state index in [2.05, 4.69) is 0 Å². The zero-order valence-corrected chi connectivity index (χ0v) is 22.1. The van der Waals surface area contributed by atoms with Gasteiger partial charge in [0, 0.05) is 0 Å². The summed E-state index contributed by atoms with van der Waals surface area (Å²) in [5.41, 5.74) is -5.95. The van der Waals surface area contributed by atoms with Gasteiger partial charge >= 0.3 is 235 Å².